The lowest BCUT2D eigenvalue weighted by Crippen LogP contribution is -2.70. The standard InChI is InChI=1S/C22H18F2N2O8S/c1-10(27)32-7-11-9-35-21-17(20(29)26(21)18(11)22(30)31)25-19(28)16-5-3-13(34-16)8-33-15-4-2-12(23)6-14(15)24/h2-6,17,21H,7-9H2,1H3,(H,25,28)(H,30,31)/t17-,21-/m0/s1. The van der Waals surface area contributed by atoms with Gasteiger partial charge in [0.2, 0.25) is 0 Å². The Labute approximate surface area is 200 Å². The molecular formula is C22H18F2N2O8S. The predicted octanol–water partition coefficient (Wildman–Crippen LogP) is 2.05. The number of thioether (sulfide) groups is 1. The number of β-lactam (4-membered cyclic amide) rings is 1. The number of carboxylic acid groups (broad SMARTS) is 1. The number of aliphatic carboxylic acids is 1. The Balaban J connectivity index is 1.38. The van der Waals surface area contributed by atoms with E-state index in [1.165, 1.54) is 30.8 Å². The molecule has 0 bridgehead atoms. The zero-order valence-electron chi connectivity index (χ0n) is 18.1. The van der Waals surface area contributed by atoms with Crippen LogP contribution in [0.2, 0.25) is 0 Å². The molecule has 1 aromatic carbocycles. The summed E-state index contributed by atoms with van der Waals surface area (Å²) in [7, 11) is 0. The number of halogens is 2. The van der Waals surface area contributed by atoms with E-state index in [4.69, 9.17) is 13.9 Å². The summed E-state index contributed by atoms with van der Waals surface area (Å²) in [6.45, 7) is 0.701. The van der Waals surface area contributed by atoms with Crippen LogP contribution in [0.1, 0.15) is 23.2 Å². The minimum absolute atomic E-state index is 0.139. The molecule has 1 saturated heterocycles. The van der Waals surface area contributed by atoms with E-state index in [9.17, 15) is 33.1 Å². The third-order valence-corrected chi connectivity index (χ3v) is 6.48. The monoisotopic (exact) mass is 508 g/mol. The number of carboxylic acids is 1. The normalized spacial score (nSPS) is 19.1. The fourth-order valence-corrected chi connectivity index (χ4v) is 4.84. The highest BCUT2D eigenvalue weighted by Gasteiger charge is 2.54. The molecule has 184 valence electrons. The molecule has 2 aliphatic heterocycles. The molecule has 13 heteroatoms. The Morgan fingerprint density at radius 3 is 2.69 bits per heavy atom. The van der Waals surface area contributed by atoms with Crippen molar-refractivity contribution in [3.8, 4) is 5.75 Å². The van der Waals surface area contributed by atoms with E-state index in [0.717, 1.165) is 17.0 Å². The fraction of sp³-hybridized carbons (Fsp3) is 0.273. The van der Waals surface area contributed by atoms with E-state index in [1.807, 2.05) is 0 Å². The number of nitrogens with one attached hydrogen (secondary N) is 1. The summed E-state index contributed by atoms with van der Waals surface area (Å²) < 4.78 is 42.1. The molecule has 2 aliphatic rings. The lowest BCUT2D eigenvalue weighted by atomic mass is 10.0. The Kier molecular flexibility index (Phi) is 6.78. The molecule has 2 N–H and O–H groups in total. The van der Waals surface area contributed by atoms with Crippen LogP contribution in [0, 0.1) is 11.6 Å². The third kappa shape index (κ3) is 4.99. The van der Waals surface area contributed by atoms with Gasteiger partial charge in [0.15, 0.2) is 17.3 Å². The van der Waals surface area contributed by atoms with Gasteiger partial charge >= 0.3 is 11.9 Å². The van der Waals surface area contributed by atoms with E-state index in [2.05, 4.69) is 5.32 Å². The number of hydrogen-bond acceptors (Lipinski definition) is 8. The molecule has 0 spiro atoms. The number of rotatable bonds is 8. The number of hydrogen-bond donors (Lipinski definition) is 2. The Hall–Kier alpha value is -3.87. The number of carbonyl (C=O) groups excluding carboxylic acids is 3. The molecule has 10 nitrogen and oxygen atoms in total. The molecule has 1 aromatic heterocycles. The molecule has 4 rings (SSSR count). The molecule has 0 radical (unpaired) electrons. The second kappa shape index (κ2) is 9.78. The molecule has 2 amide bonds. The van der Waals surface area contributed by atoms with Crippen molar-refractivity contribution in [2.75, 3.05) is 12.4 Å². The number of benzene rings is 1. The first-order valence-electron chi connectivity index (χ1n) is 10.2. The molecule has 3 heterocycles. The van der Waals surface area contributed by atoms with Crippen LogP contribution in [-0.4, -0.2) is 57.5 Å². The van der Waals surface area contributed by atoms with Crippen LogP contribution < -0.4 is 10.1 Å². The van der Waals surface area contributed by atoms with E-state index >= 15 is 0 Å². The van der Waals surface area contributed by atoms with Gasteiger partial charge < -0.3 is 24.3 Å². The number of fused-ring (bicyclic) bond motifs is 1. The molecule has 0 aliphatic carbocycles. The van der Waals surface area contributed by atoms with Crippen molar-refractivity contribution in [1.82, 2.24) is 10.2 Å². The summed E-state index contributed by atoms with van der Waals surface area (Å²) in [5, 5.41) is 11.4. The van der Waals surface area contributed by atoms with Crippen LogP contribution in [0.15, 0.2) is 46.0 Å². The molecule has 0 unspecified atom stereocenters. The lowest BCUT2D eigenvalue weighted by molar-refractivity contribution is -0.149. The van der Waals surface area contributed by atoms with Gasteiger partial charge in [-0.25, -0.2) is 13.6 Å². The SMILES string of the molecule is CC(=O)OCC1=C(C(=O)O)N2C(=O)[C@H](NC(=O)c3ccc(COc4ccc(F)cc4F)o3)[C@@H]2SC1. The van der Waals surface area contributed by atoms with E-state index in [-0.39, 0.29) is 47.5 Å². The van der Waals surface area contributed by atoms with Crippen LogP contribution >= 0.6 is 11.8 Å². The van der Waals surface area contributed by atoms with Crippen molar-refractivity contribution in [3.05, 3.63) is 64.8 Å². The second-order valence-corrected chi connectivity index (χ2v) is 8.63. The van der Waals surface area contributed by atoms with Crippen molar-refractivity contribution in [2.45, 2.75) is 24.9 Å². The summed E-state index contributed by atoms with van der Waals surface area (Å²) in [5.41, 5.74) is 0.0105. The van der Waals surface area contributed by atoms with Crippen molar-refractivity contribution >= 4 is 35.5 Å². The number of nitrogens with zero attached hydrogens (tertiary/aromatic N) is 1. The quantitative estimate of drug-likeness (QED) is 0.406. The van der Waals surface area contributed by atoms with Gasteiger partial charge in [0, 0.05) is 24.3 Å². The van der Waals surface area contributed by atoms with Crippen LogP contribution in [0.3, 0.4) is 0 Å². The van der Waals surface area contributed by atoms with Crippen LogP contribution in [0.5, 0.6) is 5.75 Å². The first-order chi connectivity index (χ1) is 16.7. The maximum atomic E-state index is 13.7. The van der Waals surface area contributed by atoms with E-state index in [1.54, 1.807) is 0 Å². The summed E-state index contributed by atoms with van der Waals surface area (Å²) in [6.07, 6.45) is 0. The van der Waals surface area contributed by atoms with Gasteiger partial charge in [-0.15, -0.1) is 11.8 Å². The van der Waals surface area contributed by atoms with E-state index < -0.39 is 46.8 Å². The van der Waals surface area contributed by atoms with Crippen molar-refractivity contribution < 1.29 is 47.0 Å². The highest BCUT2D eigenvalue weighted by molar-refractivity contribution is 8.00. The topological polar surface area (TPSA) is 135 Å². The number of carbonyl (C=O) groups is 4. The fourth-order valence-electron chi connectivity index (χ4n) is 3.51. The summed E-state index contributed by atoms with van der Waals surface area (Å²) >= 11 is 1.22. The molecule has 0 saturated carbocycles. The maximum absolute atomic E-state index is 13.7. The van der Waals surface area contributed by atoms with E-state index in [0.29, 0.717) is 6.07 Å². The van der Waals surface area contributed by atoms with Crippen LogP contribution in [-0.2, 0) is 25.7 Å². The Morgan fingerprint density at radius 2 is 2.00 bits per heavy atom. The Bertz CT molecular complexity index is 1240. The molecular weight excluding hydrogens is 490 g/mol. The van der Waals surface area contributed by atoms with Gasteiger partial charge in [-0.05, 0) is 24.3 Å². The van der Waals surface area contributed by atoms with Crippen LogP contribution in [0.4, 0.5) is 8.78 Å². The van der Waals surface area contributed by atoms with Crippen molar-refractivity contribution in [1.29, 1.82) is 0 Å². The average Bonchev–Trinajstić information content (AvgIpc) is 3.28. The molecule has 1 fully saturated rings. The highest BCUT2D eigenvalue weighted by atomic mass is 32.2. The van der Waals surface area contributed by atoms with Gasteiger partial charge in [0.1, 0.15) is 41.9 Å². The molecule has 2 aromatic rings. The zero-order chi connectivity index (χ0) is 25.3. The Morgan fingerprint density at radius 1 is 1.23 bits per heavy atom. The average molecular weight is 508 g/mol. The zero-order valence-corrected chi connectivity index (χ0v) is 18.9. The van der Waals surface area contributed by atoms with Crippen LogP contribution in [0.25, 0.3) is 0 Å². The highest BCUT2D eigenvalue weighted by Crippen LogP contribution is 2.40. The number of ether oxygens (including phenoxy) is 2. The number of furan rings is 1. The predicted molar refractivity (Wildman–Crippen MR) is 115 cm³/mol. The van der Waals surface area contributed by atoms with Gasteiger partial charge in [-0.2, -0.15) is 0 Å². The summed E-state index contributed by atoms with van der Waals surface area (Å²) in [5.74, 6) is -4.87. The van der Waals surface area contributed by atoms with Crippen molar-refractivity contribution in [3.63, 3.8) is 0 Å². The molecule has 35 heavy (non-hydrogen) atoms. The summed E-state index contributed by atoms with van der Waals surface area (Å²) in [6, 6.07) is 4.59. The smallest absolute Gasteiger partial charge is 0.352 e. The first-order valence-corrected chi connectivity index (χ1v) is 11.2. The first kappa shape index (κ1) is 24.3. The van der Waals surface area contributed by atoms with Gasteiger partial charge in [-0.1, -0.05) is 0 Å². The maximum Gasteiger partial charge on any atom is 0.352 e. The number of amides is 2. The largest absolute Gasteiger partial charge is 0.483 e. The molecule has 2 atom stereocenters. The number of esters is 1. The van der Waals surface area contributed by atoms with Crippen molar-refractivity contribution in [2.24, 2.45) is 0 Å². The summed E-state index contributed by atoms with van der Waals surface area (Å²) in [4.78, 5) is 49.1. The van der Waals surface area contributed by atoms with Gasteiger partial charge in [-0.3, -0.25) is 19.3 Å². The van der Waals surface area contributed by atoms with Gasteiger partial charge in [0.25, 0.3) is 11.8 Å². The minimum atomic E-state index is -1.34. The lowest BCUT2D eigenvalue weighted by Gasteiger charge is -2.49. The minimum Gasteiger partial charge on any atom is -0.483 e. The second-order valence-electron chi connectivity index (χ2n) is 7.53. The third-order valence-electron chi connectivity index (χ3n) is 5.14. The van der Waals surface area contributed by atoms with Gasteiger partial charge in [0.05, 0.1) is 0 Å².